The van der Waals surface area contributed by atoms with E-state index >= 15 is 0 Å². The molecule has 32 valence electrons. The Morgan fingerprint density at radius 3 is 2.83 bits per heavy atom. The Kier molecular flexibility index (Phi) is 4.33. The molecule has 0 amide bonds. The molecular formula is C3H4O2P+. The highest BCUT2D eigenvalue weighted by Crippen LogP contribution is 1.89. The van der Waals surface area contributed by atoms with E-state index in [9.17, 15) is 4.57 Å². The van der Waals surface area contributed by atoms with Crippen LogP contribution in [-0.2, 0) is 9.09 Å². The van der Waals surface area contributed by atoms with Gasteiger partial charge >= 0.3 is 8.69 Å². The zero-order chi connectivity index (χ0) is 4.83. The van der Waals surface area contributed by atoms with E-state index in [0.717, 1.165) is 0 Å². The first kappa shape index (κ1) is 5.62. The van der Waals surface area contributed by atoms with Gasteiger partial charge in [0.15, 0.2) is 6.61 Å². The van der Waals surface area contributed by atoms with Crippen LogP contribution in [0.3, 0.4) is 0 Å². The first-order chi connectivity index (χ1) is 2.91. The topological polar surface area (TPSA) is 26.3 Å². The zero-order valence-corrected chi connectivity index (χ0v) is 4.10. The van der Waals surface area contributed by atoms with Crippen molar-refractivity contribution in [3.8, 4) is 12.3 Å². The van der Waals surface area contributed by atoms with E-state index in [4.69, 9.17) is 6.42 Å². The van der Waals surface area contributed by atoms with Crippen LogP contribution in [-0.4, -0.2) is 6.61 Å². The first-order valence-electron chi connectivity index (χ1n) is 1.34. The fraction of sp³-hybridized carbons (Fsp3) is 0.333. The lowest BCUT2D eigenvalue weighted by Gasteiger charge is -1.63. The Labute approximate surface area is 37.8 Å². The minimum atomic E-state index is -0.728. The molecule has 0 saturated carbocycles. The monoisotopic (exact) mass is 103 g/mol. The lowest BCUT2D eigenvalue weighted by Crippen LogP contribution is -1.70. The van der Waals surface area contributed by atoms with E-state index in [2.05, 4.69) is 10.4 Å². The molecular weight excluding hydrogens is 99.0 g/mol. The van der Waals surface area contributed by atoms with Gasteiger partial charge in [0.25, 0.3) is 0 Å². The second kappa shape index (κ2) is 4.62. The third-order valence-corrected chi connectivity index (χ3v) is 0.477. The number of hydrogen-bond donors (Lipinski definition) is 0. The molecule has 0 aromatic heterocycles. The summed E-state index contributed by atoms with van der Waals surface area (Å²) in [6.45, 7) is 0.141. The molecule has 0 aliphatic rings. The maximum absolute atomic E-state index is 9.40. The third kappa shape index (κ3) is 3.62. The lowest BCUT2D eigenvalue weighted by atomic mass is 10.8. The van der Waals surface area contributed by atoms with Gasteiger partial charge in [-0.25, -0.2) is 0 Å². The van der Waals surface area contributed by atoms with Crippen molar-refractivity contribution >= 4 is 8.69 Å². The summed E-state index contributed by atoms with van der Waals surface area (Å²) in [7, 11) is -0.728. The van der Waals surface area contributed by atoms with Gasteiger partial charge in [-0.1, -0.05) is 5.92 Å². The van der Waals surface area contributed by atoms with E-state index in [1.54, 1.807) is 0 Å². The van der Waals surface area contributed by atoms with Crippen LogP contribution in [0.2, 0.25) is 0 Å². The molecule has 3 heteroatoms. The van der Waals surface area contributed by atoms with Gasteiger partial charge in [0.05, 0.1) is 0 Å². The summed E-state index contributed by atoms with van der Waals surface area (Å²) in [6.07, 6.45) is 4.71. The molecule has 0 aromatic rings. The largest absolute Gasteiger partial charge is 0.495 e. The fourth-order valence-electron chi connectivity index (χ4n) is 0.0711. The fourth-order valence-corrected chi connectivity index (χ4v) is 0.213. The molecule has 0 aromatic carbocycles. The van der Waals surface area contributed by atoms with Crippen molar-refractivity contribution in [2.75, 3.05) is 6.61 Å². The molecule has 0 spiro atoms. The van der Waals surface area contributed by atoms with Crippen molar-refractivity contribution < 1.29 is 9.09 Å². The van der Waals surface area contributed by atoms with Gasteiger partial charge in [-0.05, 0) is 4.57 Å². The van der Waals surface area contributed by atoms with Crippen LogP contribution in [0.1, 0.15) is 0 Å². The molecule has 0 rings (SSSR count). The highest BCUT2D eigenvalue weighted by Gasteiger charge is 1.80. The number of terminal acetylenes is 1. The SMILES string of the molecule is C#CCO[PH+]=O. The Bertz CT molecular complexity index is 73.4. The molecule has 1 atom stereocenters. The molecule has 0 heterocycles. The summed E-state index contributed by atoms with van der Waals surface area (Å²) in [5.41, 5.74) is 0. The number of hydrogen-bond acceptors (Lipinski definition) is 2. The maximum Gasteiger partial charge on any atom is 0.495 e. The van der Waals surface area contributed by atoms with Crippen LogP contribution in [0.5, 0.6) is 0 Å². The van der Waals surface area contributed by atoms with Crippen molar-refractivity contribution in [2.24, 2.45) is 0 Å². The van der Waals surface area contributed by atoms with E-state index in [1.807, 2.05) is 0 Å². The summed E-state index contributed by atoms with van der Waals surface area (Å²) >= 11 is 0. The minimum Gasteiger partial charge on any atom is -0.135 e. The molecule has 1 unspecified atom stereocenters. The van der Waals surface area contributed by atoms with Crippen molar-refractivity contribution in [3.05, 3.63) is 0 Å². The Morgan fingerprint density at radius 1 is 2.00 bits per heavy atom. The van der Waals surface area contributed by atoms with Crippen molar-refractivity contribution in [2.45, 2.75) is 0 Å². The predicted molar refractivity (Wildman–Crippen MR) is 23.8 cm³/mol. The molecule has 0 radical (unpaired) electrons. The predicted octanol–water partition coefficient (Wildman–Crippen LogP) is 0.575. The third-order valence-electron chi connectivity index (χ3n) is 0.214. The van der Waals surface area contributed by atoms with E-state index in [-0.39, 0.29) is 6.61 Å². The van der Waals surface area contributed by atoms with Crippen LogP contribution in [0.4, 0.5) is 0 Å². The highest BCUT2D eigenvalue weighted by molar-refractivity contribution is 7.17. The Morgan fingerprint density at radius 2 is 2.67 bits per heavy atom. The standard InChI is InChI=1S/C3H4O2P/c1-2-3-5-6-4/h1,6H,3H2/q+1. The van der Waals surface area contributed by atoms with Crippen LogP contribution >= 0.6 is 8.69 Å². The van der Waals surface area contributed by atoms with Crippen LogP contribution in [0, 0.1) is 12.3 Å². The van der Waals surface area contributed by atoms with E-state index in [0.29, 0.717) is 0 Å². The average Bonchev–Trinajstić information content (AvgIpc) is 1.61. The summed E-state index contributed by atoms with van der Waals surface area (Å²) in [5, 5.41) is 0. The average molecular weight is 103 g/mol. The van der Waals surface area contributed by atoms with Crippen LogP contribution in [0.15, 0.2) is 0 Å². The molecule has 0 aliphatic carbocycles. The molecule has 2 nitrogen and oxygen atoms in total. The highest BCUT2D eigenvalue weighted by atomic mass is 31.1. The molecule has 0 aliphatic heterocycles. The van der Waals surface area contributed by atoms with Gasteiger partial charge in [0.2, 0.25) is 0 Å². The van der Waals surface area contributed by atoms with Crippen LogP contribution in [0.25, 0.3) is 0 Å². The Hall–Kier alpha value is -0.380. The van der Waals surface area contributed by atoms with Gasteiger partial charge in [-0.15, -0.1) is 10.9 Å². The quantitative estimate of drug-likeness (QED) is 0.290. The van der Waals surface area contributed by atoms with E-state index < -0.39 is 8.69 Å². The second-order valence-electron chi connectivity index (χ2n) is 0.576. The van der Waals surface area contributed by atoms with Crippen molar-refractivity contribution in [1.29, 1.82) is 0 Å². The number of rotatable bonds is 2. The molecule has 0 bridgehead atoms. The maximum atomic E-state index is 9.40. The summed E-state index contributed by atoms with van der Waals surface area (Å²) in [6, 6.07) is 0. The van der Waals surface area contributed by atoms with Crippen LogP contribution < -0.4 is 0 Å². The summed E-state index contributed by atoms with van der Waals surface area (Å²) < 4.78 is 13.6. The molecule has 0 fully saturated rings. The van der Waals surface area contributed by atoms with E-state index in [1.165, 1.54) is 0 Å². The minimum absolute atomic E-state index is 0.141. The lowest BCUT2D eigenvalue weighted by molar-refractivity contribution is 0.394. The van der Waals surface area contributed by atoms with Gasteiger partial charge in [0.1, 0.15) is 0 Å². The van der Waals surface area contributed by atoms with Gasteiger partial charge in [-0.2, -0.15) is 0 Å². The molecule has 0 N–H and O–H groups in total. The first-order valence-corrected chi connectivity index (χ1v) is 2.16. The summed E-state index contributed by atoms with van der Waals surface area (Å²) in [5.74, 6) is 2.15. The Balaban J connectivity index is 2.72. The summed E-state index contributed by atoms with van der Waals surface area (Å²) in [4.78, 5) is 0. The smallest absolute Gasteiger partial charge is 0.135 e. The van der Waals surface area contributed by atoms with Crippen molar-refractivity contribution in [3.63, 3.8) is 0 Å². The van der Waals surface area contributed by atoms with Gasteiger partial charge in [0, 0.05) is 0 Å². The van der Waals surface area contributed by atoms with Gasteiger partial charge < -0.3 is 0 Å². The molecule has 0 saturated heterocycles. The van der Waals surface area contributed by atoms with Gasteiger partial charge in [-0.3, -0.25) is 0 Å². The zero-order valence-electron chi connectivity index (χ0n) is 3.10. The van der Waals surface area contributed by atoms with Crippen molar-refractivity contribution in [1.82, 2.24) is 0 Å². The normalized spacial score (nSPS) is 7.83. The molecule has 6 heavy (non-hydrogen) atoms. The second-order valence-corrected chi connectivity index (χ2v) is 1.03.